The van der Waals surface area contributed by atoms with Crippen molar-refractivity contribution in [2.24, 2.45) is 23.7 Å². The third-order valence-corrected chi connectivity index (χ3v) is 12.1. The number of cyclic esters (lactones) is 1. The molecule has 2 unspecified atom stereocenters. The number of esters is 2. The lowest BCUT2D eigenvalue weighted by molar-refractivity contribution is -0.299. The van der Waals surface area contributed by atoms with E-state index in [2.05, 4.69) is 31.9 Å². The number of aliphatic hydroxyl groups is 2. The number of carbonyl (C=O) groups excluding carboxylic acids is 4. The van der Waals surface area contributed by atoms with Crippen LogP contribution < -0.4 is 0 Å². The molecule has 0 bridgehead atoms. The number of rotatable bonds is 9. The zero-order chi connectivity index (χ0) is 36.9. The van der Waals surface area contributed by atoms with Crippen LogP contribution in [-0.4, -0.2) is 124 Å². The highest BCUT2D eigenvalue weighted by atomic mass is 79.9. The van der Waals surface area contributed by atoms with Crippen LogP contribution in [0.1, 0.15) is 81.6 Å². The highest BCUT2D eigenvalue weighted by Gasteiger charge is 2.53. The van der Waals surface area contributed by atoms with E-state index in [1.54, 1.807) is 27.7 Å². The fourth-order valence-electron chi connectivity index (χ4n) is 7.00. The minimum Gasteiger partial charge on any atom is -0.459 e. The molecular formula is C34H57Br2NO11. The first-order valence-corrected chi connectivity index (χ1v) is 18.8. The Balaban J connectivity index is 2.79. The third kappa shape index (κ3) is 10.3. The number of carbonyl (C=O) groups is 4. The summed E-state index contributed by atoms with van der Waals surface area (Å²) in [6, 6.07) is -0.282. The maximum absolute atomic E-state index is 14.2. The minimum absolute atomic E-state index is 0.0446. The SMILES string of the molecule is CC[C@H]1OC(=O)[C@H](C)C(=O)[C@H](C)[C@@H](O[C@@H]2O[C@H](C)C[C@H](N(C)C)[C@H]2OC(C)=O)[C@@](C)(OCC(Br)CBr)C[C@@H](C)C(=O)[C@H](C)C(O)[C@]1(C)O. The zero-order valence-corrected chi connectivity index (χ0v) is 33.4. The lowest BCUT2D eigenvalue weighted by atomic mass is 9.74. The fraction of sp³-hybridized carbons (Fsp3) is 0.882. The van der Waals surface area contributed by atoms with Gasteiger partial charge in [-0.25, -0.2) is 0 Å². The van der Waals surface area contributed by atoms with Gasteiger partial charge in [-0.2, -0.15) is 0 Å². The molecule has 0 saturated carbocycles. The van der Waals surface area contributed by atoms with Gasteiger partial charge in [0.15, 0.2) is 18.2 Å². The summed E-state index contributed by atoms with van der Waals surface area (Å²) >= 11 is 7.02. The van der Waals surface area contributed by atoms with Crippen molar-refractivity contribution in [3.63, 3.8) is 0 Å². The van der Waals surface area contributed by atoms with E-state index in [9.17, 15) is 29.4 Å². The molecule has 2 aliphatic rings. The van der Waals surface area contributed by atoms with E-state index in [0.717, 1.165) is 0 Å². The first-order chi connectivity index (χ1) is 22.1. The standard InChI is InChI=1S/C34H57Br2NO11/c1-12-25-34(9,43)29(41)19(4)26(39)17(2)14-33(8,44-16-23(36)15-35)30(20(5)27(40)21(6)31(42)47-25)48-32-28(46-22(7)38)24(37(10)11)13-18(3)45-32/h17-21,23-25,28-30,32,41,43H,12-16H2,1-11H3/t17-,18-,19+,20+,21-,23?,24+,25-,28-,29?,30-,32+,33+,34-/m1/s1. The van der Waals surface area contributed by atoms with Gasteiger partial charge in [0.1, 0.15) is 23.4 Å². The Morgan fingerprint density at radius 3 is 2.21 bits per heavy atom. The maximum atomic E-state index is 14.2. The van der Waals surface area contributed by atoms with Gasteiger partial charge < -0.3 is 38.8 Å². The van der Waals surface area contributed by atoms with E-state index in [0.29, 0.717) is 11.8 Å². The van der Waals surface area contributed by atoms with Crippen molar-refractivity contribution in [2.75, 3.05) is 26.0 Å². The number of aliphatic hydroxyl groups excluding tert-OH is 1. The van der Waals surface area contributed by atoms with Gasteiger partial charge in [-0.05, 0) is 61.1 Å². The van der Waals surface area contributed by atoms with Crippen LogP contribution in [0.15, 0.2) is 0 Å². The Hall–Kier alpha value is -1.00. The average molecular weight is 816 g/mol. The molecule has 2 aliphatic heterocycles. The van der Waals surface area contributed by atoms with Crippen molar-refractivity contribution >= 4 is 55.4 Å². The van der Waals surface area contributed by atoms with Crippen LogP contribution in [0.25, 0.3) is 0 Å². The number of halogens is 2. The fourth-order valence-corrected chi connectivity index (χ4v) is 7.32. The summed E-state index contributed by atoms with van der Waals surface area (Å²) in [7, 11) is 3.73. The van der Waals surface area contributed by atoms with E-state index in [1.165, 1.54) is 27.7 Å². The Labute approximate surface area is 302 Å². The Morgan fingerprint density at radius 1 is 1.08 bits per heavy atom. The summed E-state index contributed by atoms with van der Waals surface area (Å²) in [6.45, 7) is 14.4. The number of nitrogens with zero attached hydrogens (tertiary/aromatic N) is 1. The summed E-state index contributed by atoms with van der Waals surface area (Å²) in [4.78, 5) is 55.7. The van der Waals surface area contributed by atoms with Gasteiger partial charge in [-0.15, -0.1) is 0 Å². The van der Waals surface area contributed by atoms with Crippen LogP contribution in [0, 0.1) is 23.7 Å². The third-order valence-electron chi connectivity index (χ3n) is 9.88. The van der Waals surface area contributed by atoms with Gasteiger partial charge in [0, 0.05) is 34.8 Å². The molecule has 12 nitrogen and oxygen atoms in total. The van der Waals surface area contributed by atoms with Crippen molar-refractivity contribution in [3.05, 3.63) is 0 Å². The molecule has 2 rings (SSSR count). The largest absolute Gasteiger partial charge is 0.459 e. The summed E-state index contributed by atoms with van der Waals surface area (Å²) < 4.78 is 31.1. The predicted octanol–water partition coefficient (Wildman–Crippen LogP) is 3.82. The predicted molar refractivity (Wildman–Crippen MR) is 186 cm³/mol. The molecule has 278 valence electrons. The number of ketones is 2. The van der Waals surface area contributed by atoms with Crippen LogP contribution in [0.5, 0.6) is 0 Å². The van der Waals surface area contributed by atoms with Crippen molar-refractivity contribution in [1.29, 1.82) is 0 Å². The number of hydrogen-bond acceptors (Lipinski definition) is 12. The van der Waals surface area contributed by atoms with Gasteiger partial charge in [-0.3, -0.25) is 19.2 Å². The molecule has 0 spiro atoms. The molecule has 2 heterocycles. The minimum atomic E-state index is -1.98. The second kappa shape index (κ2) is 18.0. The molecule has 0 aromatic carbocycles. The molecule has 48 heavy (non-hydrogen) atoms. The van der Waals surface area contributed by atoms with Crippen LogP contribution >= 0.6 is 31.9 Å². The van der Waals surface area contributed by atoms with Crippen molar-refractivity contribution in [3.8, 4) is 0 Å². The molecule has 0 amide bonds. The topological polar surface area (TPSA) is 158 Å². The average Bonchev–Trinajstić information content (AvgIpc) is 3.02. The van der Waals surface area contributed by atoms with Gasteiger partial charge in [-0.1, -0.05) is 59.6 Å². The molecule has 2 N–H and O–H groups in total. The molecule has 0 aromatic rings. The quantitative estimate of drug-likeness (QED) is 0.197. The molecule has 2 saturated heterocycles. The van der Waals surface area contributed by atoms with Gasteiger partial charge in [0.05, 0.1) is 36.6 Å². The van der Waals surface area contributed by atoms with E-state index in [4.69, 9.17) is 23.7 Å². The molecule has 14 atom stereocenters. The maximum Gasteiger partial charge on any atom is 0.316 e. The molecule has 14 heteroatoms. The highest BCUT2D eigenvalue weighted by molar-refractivity contribution is 9.12. The number of Topliss-reactive ketones (excluding diaryl/α,β-unsaturated/α-hetero) is 2. The number of alkyl halides is 2. The molecule has 0 radical (unpaired) electrons. The Morgan fingerprint density at radius 2 is 1.69 bits per heavy atom. The number of hydrogen-bond donors (Lipinski definition) is 2. The van der Waals surface area contributed by atoms with Crippen molar-refractivity contribution < 1.29 is 53.1 Å². The summed E-state index contributed by atoms with van der Waals surface area (Å²) in [5.41, 5.74) is -3.34. The van der Waals surface area contributed by atoms with Crippen LogP contribution in [0.2, 0.25) is 0 Å². The Bertz CT molecular complexity index is 1120. The van der Waals surface area contributed by atoms with Gasteiger partial charge in [0.2, 0.25) is 0 Å². The second-order valence-corrected chi connectivity index (χ2v) is 16.2. The zero-order valence-electron chi connectivity index (χ0n) is 30.2. The smallest absolute Gasteiger partial charge is 0.316 e. The lowest BCUT2D eigenvalue weighted by Crippen LogP contribution is -2.61. The van der Waals surface area contributed by atoms with Crippen LogP contribution in [0.4, 0.5) is 0 Å². The second-order valence-electron chi connectivity index (χ2n) is 14.3. The first-order valence-electron chi connectivity index (χ1n) is 16.8. The van der Waals surface area contributed by atoms with Crippen molar-refractivity contribution in [1.82, 2.24) is 4.90 Å². The molecule has 0 aliphatic carbocycles. The molecule has 0 aromatic heterocycles. The monoisotopic (exact) mass is 813 g/mol. The summed E-state index contributed by atoms with van der Waals surface area (Å²) in [5.74, 6) is -6.38. The lowest BCUT2D eigenvalue weighted by Gasteiger charge is -2.48. The van der Waals surface area contributed by atoms with Crippen LogP contribution in [-0.2, 0) is 42.9 Å². The van der Waals surface area contributed by atoms with Gasteiger partial charge >= 0.3 is 11.9 Å². The van der Waals surface area contributed by atoms with E-state index in [-0.39, 0.29) is 42.2 Å². The molecular weight excluding hydrogens is 758 g/mol. The normalized spacial score (nSPS) is 41.4. The summed E-state index contributed by atoms with van der Waals surface area (Å²) in [5, 5.41) is 23.2. The number of likely N-dealkylation sites (N-methyl/N-ethyl adjacent to an activating group) is 1. The van der Waals surface area contributed by atoms with E-state index >= 15 is 0 Å². The van der Waals surface area contributed by atoms with E-state index < -0.39 is 83.3 Å². The first kappa shape index (κ1) is 43.2. The van der Waals surface area contributed by atoms with Crippen LogP contribution in [0.3, 0.4) is 0 Å². The summed E-state index contributed by atoms with van der Waals surface area (Å²) in [6.07, 6.45) is -5.47. The van der Waals surface area contributed by atoms with E-state index in [1.807, 2.05) is 25.9 Å². The van der Waals surface area contributed by atoms with Gasteiger partial charge in [0.25, 0.3) is 0 Å². The van der Waals surface area contributed by atoms with Crippen molar-refractivity contribution in [2.45, 2.75) is 140 Å². The highest BCUT2D eigenvalue weighted by Crippen LogP contribution is 2.39. The number of ether oxygens (including phenoxy) is 5. The molecule has 2 fully saturated rings. The Kier molecular flexibility index (Phi) is 16.2.